The quantitative estimate of drug-likeness (QED) is 0.452. The third-order valence-corrected chi connectivity index (χ3v) is 9.93. The van der Waals surface area contributed by atoms with Crippen LogP contribution < -0.4 is 0 Å². The summed E-state index contributed by atoms with van der Waals surface area (Å²) in [6, 6.07) is 0. The number of allylic oxidation sites excluding steroid dienone is 4. The highest BCUT2D eigenvalue weighted by atomic mass is 32.2. The first-order valence-corrected chi connectivity index (χ1v) is 12.8. The van der Waals surface area contributed by atoms with Crippen LogP contribution >= 0.6 is 11.8 Å². The number of ether oxygens (including phenoxy) is 1. The number of ketones is 1. The maximum Gasteiger partial charge on any atom is 0.306 e. The summed E-state index contributed by atoms with van der Waals surface area (Å²) in [4.78, 5) is 37.9. The van der Waals surface area contributed by atoms with Crippen molar-refractivity contribution in [3.8, 4) is 0 Å². The number of alkyl halides is 2. The third kappa shape index (κ3) is 3.02. The van der Waals surface area contributed by atoms with Crippen LogP contribution in [0.2, 0.25) is 0 Å². The number of esters is 1. The molecule has 188 valence electrons. The molecule has 2 N–H and O–H groups in total. The zero-order valence-electron chi connectivity index (χ0n) is 19.8. The first-order chi connectivity index (χ1) is 15.8. The molecule has 0 unspecified atom stereocenters. The van der Waals surface area contributed by atoms with Crippen molar-refractivity contribution in [1.82, 2.24) is 0 Å². The second kappa shape index (κ2) is 8.23. The SMILES string of the molecule is CCC(=O)O[C@]1(C(=O)SCO)[C@H](C)C[C@H]2[C@@H]3C[C@H](F)C4=CC(=O)C=C[C@]4(C)[C@@]3(F)[C@@H](O)C[C@@]21C. The largest absolute Gasteiger partial charge is 0.449 e. The van der Waals surface area contributed by atoms with Crippen molar-refractivity contribution in [1.29, 1.82) is 0 Å². The van der Waals surface area contributed by atoms with Gasteiger partial charge in [-0.05, 0) is 49.8 Å². The van der Waals surface area contributed by atoms with E-state index in [9.17, 15) is 24.6 Å². The van der Waals surface area contributed by atoms with Crippen LogP contribution in [-0.4, -0.2) is 56.6 Å². The summed E-state index contributed by atoms with van der Waals surface area (Å²) in [5, 5.41) is 20.3. The van der Waals surface area contributed by atoms with Gasteiger partial charge in [-0.3, -0.25) is 14.4 Å². The molecule has 4 aliphatic carbocycles. The van der Waals surface area contributed by atoms with Crippen LogP contribution in [0, 0.1) is 28.6 Å². The highest BCUT2D eigenvalue weighted by Gasteiger charge is 2.78. The minimum atomic E-state index is -2.28. The first-order valence-electron chi connectivity index (χ1n) is 11.8. The molecule has 0 heterocycles. The second-order valence-electron chi connectivity index (χ2n) is 10.6. The number of thioether (sulfide) groups is 1. The molecule has 4 rings (SSSR count). The molecule has 34 heavy (non-hydrogen) atoms. The van der Waals surface area contributed by atoms with Gasteiger partial charge in [0.15, 0.2) is 17.1 Å². The predicted octanol–water partition coefficient (Wildman–Crippen LogP) is 3.45. The average Bonchev–Trinajstić information content (AvgIpc) is 2.99. The predicted molar refractivity (Wildman–Crippen MR) is 122 cm³/mol. The van der Waals surface area contributed by atoms with Crippen LogP contribution in [0.1, 0.15) is 53.4 Å². The van der Waals surface area contributed by atoms with E-state index in [0.29, 0.717) is 18.2 Å². The van der Waals surface area contributed by atoms with E-state index in [0.717, 1.165) is 6.08 Å². The minimum Gasteiger partial charge on any atom is -0.449 e. The molecule has 0 bridgehead atoms. The number of hydrogen-bond acceptors (Lipinski definition) is 7. The lowest BCUT2D eigenvalue weighted by atomic mass is 9.44. The Kier molecular flexibility index (Phi) is 6.18. The zero-order valence-corrected chi connectivity index (χ0v) is 20.7. The Labute approximate surface area is 202 Å². The molecule has 3 fully saturated rings. The van der Waals surface area contributed by atoms with Crippen LogP contribution in [-0.2, 0) is 19.1 Å². The fourth-order valence-electron chi connectivity index (χ4n) is 7.64. The van der Waals surface area contributed by atoms with Gasteiger partial charge in [-0.1, -0.05) is 38.6 Å². The fourth-order valence-corrected chi connectivity index (χ4v) is 8.44. The van der Waals surface area contributed by atoms with Gasteiger partial charge in [0, 0.05) is 29.1 Å². The number of aliphatic hydroxyl groups excluding tert-OH is 2. The summed E-state index contributed by atoms with van der Waals surface area (Å²) in [7, 11) is 0. The number of carbonyl (C=O) groups excluding carboxylic acids is 3. The topological polar surface area (TPSA) is 101 Å². The van der Waals surface area contributed by atoms with Gasteiger partial charge in [0.25, 0.3) is 0 Å². The Morgan fingerprint density at radius 1 is 1.26 bits per heavy atom. The van der Waals surface area contributed by atoms with E-state index in [1.54, 1.807) is 20.8 Å². The Hall–Kier alpha value is -1.58. The molecule has 0 aliphatic heterocycles. The van der Waals surface area contributed by atoms with E-state index in [2.05, 4.69) is 0 Å². The summed E-state index contributed by atoms with van der Waals surface area (Å²) >= 11 is 0.618. The van der Waals surface area contributed by atoms with Gasteiger partial charge >= 0.3 is 5.97 Å². The molecular weight excluding hydrogens is 466 g/mol. The molecule has 0 aromatic rings. The lowest BCUT2D eigenvalue weighted by Gasteiger charge is -2.63. The molecule has 9 heteroatoms. The smallest absolute Gasteiger partial charge is 0.306 e. The number of aliphatic hydroxyl groups is 2. The van der Waals surface area contributed by atoms with Crippen molar-refractivity contribution in [3.05, 3.63) is 23.8 Å². The monoisotopic (exact) mass is 498 g/mol. The number of halogens is 2. The molecule has 0 aromatic carbocycles. The average molecular weight is 499 g/mol. The van der Waals surface area contributed by atoms with E-state index in [1.165, 1.54) is 19.1 Å². The lowest BCUT2D eigenvalue weighted by molar-refractivity contribution is -0.228. The van der Waals surface area contributed by atoms with Crippen molar-refractivity contribution >= 4 is 28.6 Å². The van der Waals surface area contributed by atoms with E-state index >= 15 is 8.78 Å². The third-order valence-electron chi connectivity index (χ3n) is 9.23. The van der Waals surface area contributed by atoms with Crippen molar-refractivity contribution in [2.24, 2.45) is 28.6 Å². The van der Waals surface area contributed by atoms with Gasteiger partial charge < -0.3 is 14.9 Å². The van der Waals surface area contributed by atoms with Gasteiger partial charge in [0.05, 0.1) is 12.0 Å². The maximum absolute atomic E-state index is 17.2. The number of hydrogen-bond donors (Lipinski definition) is 2. The van der Waals surface area contributed by atoms with Gasteiger partial charge in [0.1, 0.15) is 6.17 Å². The Morgan fingerprint density at radius 3 is 2.56 bits per heavy atom. The van der Waals surface area contributed by atoms with Crippen molar-refractivity contribution in [2.75, 3.05) is 5.94 Å². The summed E-state index contributed by atoms with van der Waals surface area (Å²) in [5.41, 5.74) is -6.64. The van der Waals surface area contributed by atoms with Gasteiger partial charge in [-0.2, -0.15) is 0 Å². The van der Waals surface area contributed by atoms with E-state index < -0.39 is 74.9 Å². The van der Waals surface area contributed by atoms with Gasteiger partial charge in [0.2, 0.25) is 5.12 Å². The fraction of sp³-hybridized carbons (Fsp3) is 0.720. The zero-order chi connectivity index (χ0) is 25.3. The maximum atomic E-state index is 17.2. The Balaban J connectivity index is 1.87. The molecule has 0 saturated heterocycles. The molecule has 3 saturated carbocycles. The van der Waals surface area contributed by atoms with Crippen molar-refractivity contribution < 1.29 is 38.1 Å². The standard InChI is InChI=1S/C25H32F2O6S/c1-5-20(31)33-25(21(32)34-12-28)13(2)8-15-16-10-18(26)17-9-14(29)6-7-22(17,3)24(16,27)19(30)11-23(15,25)4/h6-7,9,13,15-16,18-19,28,30H,5,8,10-12H2,1-4H3/t13-,15+,16+,18+,19+,22+,23+,24+,25+/m1/s1. The van der Waals surface area contributed by atoms with Gasteiger partial charge in [-0.15, -0.1) is 0 Å². The number of carbonyl (C=O) groups is 3. The molecule has 6 nitrogen and oxygen atoms in total. The highest BCUT2D eigenvalue weighted by molar-refractivity contribution is 8.13. The van der Waals surface area contributed by atoms with Crippen LogP contribution in [0.5, 0.6) is 0 Å². The molecule has 4 aliphatic rings. The van der Waals surface area contributed by atoms with Crippen LogP contribution in [0.4, 0.5) is 8.78 Å². The Bertz CT molecular complexity index is 982. The van der Waals surface area contributed by atoms with Crippen LogP contribution in [0.25, 0.3) is 0 Å². The van der Waals surface area contributed by atoms with Crippen molar-refractivity contribution in [2.45, 2.75) is 76.9 Å². The summed E-state index contributed by atoms with van der Waals surface area (Å²) in [6.07, 6.45) is 0.393. The number of fused-ring (bicyclic) bond motifs is 5. The molecular formula is C25H32F2O6S. The molecule has 0 amide bonds. The summed E-state index contributed by atoms with van der Waals surface area (Å²) in [5.74, 6) is -3.64. The van der Waals surface area contributed by atoms with Crippen molar-refractivity contribution in [3.63, 3.8) is 0 Å². The van der Waals surface area contributed by atoms with E-state index in [-0.39, 0.29) is 24.8 Å². The molecule has 9 atom stereocenters. The van der Waals surface area contributed by atoms with E-state index in [4.69, 9.17) is 4.74 Å². The Morgan fingerprint density at radius 2 is 1.94 bits per heavy atom. The second-order valence-corrected chi connectivity index (χ2v) is 11.5. The molecule has 0 radical (unpaired) electrons. The molecule has 0 spiro atoms. The molecule has 0 aromatic heterocycles. The summed E-state index contributed by atoms with van der Waals surface area (Å²) < 4.78 is 38.6. The normalized spacial score (nSPS) is 47.4. The lowest BCUT2D eigenvalue weighted by Crippen LogP contribution is -2.70. The van der Waals surface area contributed by atoms with Crippen LogP contribution in [0.15, 0.2) is 23.8 Å². The number of rotatable bonds is 4. The minimum absolute atomic E-state index is 0.0168. The van der Waals surface area contributed by atoms with Crippen LogP contribution in [0.3, 0.4) is 0 Å². The highest BCUT2D eigenvalue weighted by Crippen LogP contribution is 2.72. The van der Waals surface area contributed by atoms with Gasteiger partial charge in [-0.25, -0.2) is 8.78 Å². The first kappa shape index (κ1) is 25.5. The van der Waals surface area contributed by atoms with E-state index in [1.807, 2.05) is 0 Å². The summed E-state index contributed by atoms with van der Waals surface area (Å²) in [6.45, 7) is 6.57.